The van der Waals surface area contributed by atoms with Crippen molar-refractivity contribution in [1.29, 1.82) is 0 Å². The van der Waals surface area contributed by atoms with Gasteiger partial charge < -0.3 is 24.4 Å². The summed E-state index contributed by atoms with van der Waals surface area (Å²) in [7, 11) is 0. The number of nitro benzene ring substituents is 1. The molecule has 8 rings (SSSR count). The normalized spacial score (nSPS) is 22.4. The van der Waals surface area contributed by atoms with Crippen LogP contribution in [0.3, 0.4) is 0 Å². The molecule has 4 aliphatic heterocycles. The van der Waals surface area contributed by atoms with Crippen LogP contribution in [0.25, 0.3) is 0 Å². The summed E-state index contributed by atoms with van der Waals surface area (Å²) in [6.45, 7) is 3.54. The van der Waals surface area contributed by atoms with Crippen molar-refractivity contribution in [3.05, 3.63) is 75.8 Å². The largest absolute Gasteiger partial charge is 0.494 e. The lowest BCUT2D eigenvalue weighted by Crippen LogP contribution is -2.54. The van der Waals surface area contributed by atoms with E-state index in [1.165, 1.54) is 17.8 Å². The number of imide groups is 2. The van der Waals surface area contributed by atoms with Gasteiger partial charge in [-0.15, -0.1) is 0 Å². The molecule has 3 aromatic carbocycles. The van der Waals surface area contributed by atoms with Gasteiger partial charge in [0.1, 0.15) is 23.6 Å². The predicted octanol–water partition coefficient (Wildman–Crippen LogP) is 5.84. The van der Waals surface area contributed by atoms with Gasteiger partial charge in [-0.3, -0.25) is 39.5 Å². The number of hydrogen-bond donors (Lipinski definition) is 2. The van der Waals surface area contributed by atoms with Gasteiger partial charge in [0.25, 0.3) is 17.5 Å². The van der Waals surface area contributed by atoms with E-state index in [0.717, 1.165) is 96.4 Å². The molecule has 4 amide bonds. The summed E-state index contributed by atoms with van der Waals surface area (Å²) in [5, 5.41) is 16.8. The summed E-state index contributed by atoms with van der Waals surface area (Å²) < 4.78 is 18.6. The van der Waals surface area contributed by atoms with Gasteiger partial charge in [0, 0.05) is 54.3 Å². The molecule has 3 aromatic rings. The van der Waals surface area contributed by atoms with Crippen LogP contribution in [0.15, 0.2) is 64.4 Å². The van der Waals surface area contributed by atoms with Crippen molar-refractivity contribution >= 4 is 52.5 Å². The smallest absolute Gasteiger partial charge is 0.270 e. The number of benzene rings is 3. The number of likely N-dealkylation sites (tertiary alicyclic amines) is 1. The number of nitrogens with zero attached hydrogens (tertiary/aromatic N) is 3. The van der Waals surface area contributed by atoms with Crippen LogP contribution in [0.1, 0.15) is 78.5 Å². The molecular weight excluding hydrogens is 715 g/mol. The van der Waals surface area contributed by atoms with E-state index in [9.17, 15) is 29.3 Å². The van der Waals surface area contributed by atoms with Crippen molar-refractivity contribution in [3.63, 3.8) is 0 Å². The third kappa shape index (κ3) is 7.66. The summed E-state index contributed by atoms with van der Waals surface area (Å²) in [5.41, 5.74) is 2.34. The SMILES string of the molecule is O=C1CCC(N2C(=O)c3ccc(OCCCCCN4CCC(O[C@H]5C[C@H](Oc6ccc7c(c6)Sc6cc([N+](=O)[O-])ccc6N7)C5)CC4)cc3C2=O)C(=O)N1. The van der Waals surface area contributed by atoms with Crippen molar-refractivity contribution in [2.24, 2.45) is 0 Å². The van der Waals surface area contributed by atoms with Gasteiger partial charge in [0.15, 0.2) is 0 Å². The number of non-ortho nitro benzene ring substituents is 1. The van der Waals surface area contributed by atoms with E-state index < -0.39 is 29.7 Å². The number of nitro groups is 1. The van der Waals surface area contributed by atoms with Crippen molar-refractivity contribution in [2.45, 2.75) is 91.9 Å². The number of carbonyl (C=O) groups is 4. The molecule has 1 atom stereocenters. The van der Waals surface area contributed by atoms with Crippen molar-refractivity contribution < 1.29 is 38.3 Å². The number of anilines is 2. The van der Waals surface area contributed by atoms with E-state index >= 15 is 0 Å². The predicted molar refractivity (Wildman–Crippen MR) is 197 cm³/mol. The van der Waals surface area contributed by atoms with Crippen LogP contribution in [0.5, 0.6) is 11.5 Å². The second kappa shape index (κ2) is 15.4. The van der Waals surface area contributed by atoms with E-state index in [1.807, 2.05) is 18.2 Å². The molecule has 54 heavy (non-hydrogen) atoms. The zero-order valence-corrected chi connectivity index (χ0v) is 30.4. The standard InChI is InChI=1S/C39H41N5O9S/c45-36-11-10-33(37(46)41-36)43-38(47)29-7-5-25(21-30(29)39(43)48)51-17-3-1-2-14-42-15-12-24(13-16-42)52-27-19-28(20-27)53-26-6-9-32-35(22-26)54-34-18-23(44(49)50)4-8-31(34)40-32/h4-9,18,21-22,24,27-28,33,40H,1-3,10-17,19-20H2,(H,41,45,46)/t27-,28-,33?. The van der Waals surface area contributed by atoms with Gasteiger partial charge in [-0.25, -0.2) is 0 Å². The Kier molecular flexibility index (Phi) is 10.3. The lowest BCUT2D eigenvalue weighted by molar-refractivity contribution is -0.385. The summed E-state index contributed by atoms with van der Waals surface area (Å²) in [4.78, 5) is 65.8. The number of unbranched alkanes of at least 4 members (excludes halogenated alkanes) is 2. The number of hydrogen-bond acceptors (Lipinski definition) is 12. The van der Waals surface area contributed by atoms with E-state index in [0.29, 0.717) is 12.4 Å². The fourth-order valence-electron chi connectivity index (χ4n) is 7.64. The van der Waals surface area contributed by atoms with E-state index in [2.05, 4.69) is 15.5 Å². The number of ether oxygens (including phenoxy) is 3. The average Bonchev–Trinajstić information content (AvgIpc) is 3.39. The molecule has 0 bridgehead atoms. The fraction of sp³-hybridized carbons (Fsp3) is 0.436. The molecule has 4 heterocycles. The molecule has 1 aliphatic carbocycles. The molecule has 0 radical (unpaired) electrons. The topological polar surface area (TPSA) is 170 Å². The lowest BCUT2D eigenvalue weighted by Gasteiger charge is -2.40. The molecule has 282 valence electrons. The molecule has 15 heteroatoms. The number of nitrogens with one attached hydrogen (secondary N) is 2. The first-order valence-corrected chi connectivity index (χ1v) is 19.4. The average molecular weight is 756 g/mol. The summed E-state index contributed by atoms with van der Waals surface area (Å²) in [5.74, 6) is -0.805. The summed E-state index contributed by atoms with van der Waals surface area (Å²) in [6.07, 6.45) is 7.45. The van der Waals surface area contributed by atoms with Crippen LogP contribution in [-0.2, 0) is 14.3 Å². The zero-order chi connectivity index (χ0) is 37.3. The Balaban J connectivity index is 0.696. The molecule has 2 saturated heterocycles. The third-order valence-corrected chi connectivity index (χ3v) is 11.8. The highest BCUT2D eigenvalue weighted by Crippen LogP contribution is 2.47. The maximum atomic E-state index is 13.1. The van der Waals surface area contributed by atoms with Gasteiger partial charge >= 0.3 is 0 Å². The Morgan fingerprint density at radius 1 is 0.778 bits per heavy atom. The number of fused-ring (bicyclic) bond motifs is 3. The molecular formula is C39H41N5O9S. The minimum atomic E-state index is -0.988. The highest BCUT2D eigenvalue weighted by atomic mass is 32.2. The van der Waals surface area contributed by atoms with E-state index in [1.54, 1.807) is 30.3 Å². The Morgan fingerprint density at radius 3 is 2.30 bits per heavy atom. The van der Waals surface area contributed by atoms with E-state index in [4.69, 9.17) is 14.2 Å². The lowest BCUT2D eigenvalue weighted by atomic mass is 9.91. The van der Waals surface area contributed by atoms with Crippen LogP contribution in [0, 0.1) is 10.1 Å². The highest BCUT2D eigenvalue weighted by molar-refractivity contribution is 7.99. The molecule has 1 unspecified atom stereocenters. The molecule has 2 N–H and O–H groups in total. The minimum absolute atomic E-state index is 0.0731. The van der Waals surface area contributed by atoms with Crippen molar-refractivity contribution in [1.82, 2.24) is 15.1 Å². The first-order chi connectivity index (χ1) is 26.2. The highest BCUT2D eigenvalue weighted by Gasteiger charge is 2.44. The number of rotatable bonds is 13. The zero-order valence-electron chi connectivity index (χ0n) is 29.6. The maximum absolute atomic E-state index is 13.1. The number of carbonyl (C=O) groups excluding carboxylic acids is 4. The van der Waals surface area contributed by atoms with Crippen LogP contribution in [0.4, 0.5) is 17.1 Å². The van der Waals surface area contributed by atoms with E-state index in [-0.39, 0.29) is 52.9 Å². The summed E-state index contributed by atoms with van der Waals surface area (Å²) >= 11 is 1.50. The first kappa shape index (κ1) is 36.0. The molecule has 1 saturated carbocycles. The van der Waals surface area contributed by atoms with Crippen molar-refractivity contribution in [3.8, 4) is 11.5 Å². The Bertz CT molecular complexity index is 1990. The monoisotopic (exact) mass is 755 g/mol. The fourth-order valence-corrected chi connectivity index (χ4v) is 8.69. The second-order valence-electron chi connectivity index (χ2n) is 14.4. The van der Waals surface area contributed by atoms with Crippen LogP contribution in [-0.4, -0.2) is 88.9 Å². The van der Waals surface area contributed by atoms with Gasteiger partial charge in [0.05, 0.1) is 46.2 Å². The van der Waals surface area contributed by atoms with Gasteiger partial charge in [0.2, 0.25) is 11.8 Å². The molecule has 0 aromatic heterocycles. The second-order valence-corrected chi connectivity index (χ2v) is 15.5. The Morgan fingerprint density at radius 2 is 1.52 bits per heavy atom. The third-order valence-electron chi connectivity index (χ3n) is 10.7. The molecule has 3 fully saturated rings. The van der Waals surface area contributed by atoms with Gasteiger partial charge in [-0.1, -0.05) is 11.8 Å². The first-order valence-electron chi connectivity index (χ1n) is 18.6. The van der Waals surface area contributed by atoms with Gasteiger partial charge in [-0.05, 0) is 87.5 Å². The van der Waals surface area contributed by atoms with Crippen LogP contribution in [0.2, 0.25) is 0 Å². The number of amides is 4. The molecule has 14 nitrogen and oxygen atoms in total. The molecule has 5 aliphatic rings. The summed E-state index contributed by atoms with van der Waals surface area (Å²) in [6, 6.07) is 14.6. The van der Waals surface area contributed by atoms with Crippen molar-refractivity contribution in [2.75, 3.05) is 31.6 Å². The maximum Gasteiger partial charge on any atom is 0.270 e. The Labute approximate surface area is 316 Å². The number of piperidine rings is 2. The molecule has 0 spiro atoms. The Hall–Kier alpha value is -4.99. The van der Waals surface area contributed by atoms with Gasteiger partial charge in [-0.2, -0.15) is 0 Å². The minimum Gasteiger partial charge on any atom is -0.494 e. The van der Waals surface area contributed by atoms with Crippen LogP contribution >= 0.6 is 11.8 Å². The quantitative estimate of drug-likeness (QED) is 0.0724. The van der Waals surface area contributed by atoms with Crippen LogP contribution < -0.4 is 20.1 Å².